The second kappa shape index (κ2) is 6.79. The van der Waals surface area contributed by atoms with Crippen molar-refractivity contribution in [1.29, 1.82) is 0 Å². The van der Waals surface area contributed by atoms with Crippen molar-refractivity contribution >= 4 is 10.0 Å². The van der Waals surface area contributed by atoms with Crippen LogP contribution in [0, 0.1) is 5.92 Å². The maximum atomic E-state index is 11.7. The normalized spacial score (nSPS) is 25.1. The molecular weight excluding hydrogens is 312 g/mol. The Morgan fingerprint density at radius 2 is 2.22 bits per heavy atom. The van der Waals surface area contributed by atoms with Gasteiger partial charge in [0.15, 0.2) is 0 Å². The van der Waals surface area contributed by atoms with Gasteiger partial charge in [-0.2, -0.15) is 0 Å². The van der Waals surface area contributed by atoms with E-state index in [-0.39, 0.29) is 0 Å². The van der Waals surface area contributed by atoms with E-state index in [4.69, 9.17) is 4.74 Å². The first-order chi connectivity index (χ1) is 11.0. The van der Waals surface area contributed by atoms with Crippen LogP contribution in [-0.4, -0.2) is 44.7 Å². The summed E-state index contributed by atoms with van der Waals surface area (Å²) in [4.78, 5) is 0. The second-order valence-corrected chi connectivity index (χ2v) is 8.59. The van der Waals surface area contributed by atoms with Gasteiger partial charge in [0, 0.05) is 32.1 Å². The molecule has 2 atom stereocenters. The number of sulfonamides is 1. The number of nitrogens with one attached hydrogen (secondary N) is 1. The van der Waals surface area contributed by atoms with Gasteiger partial charge in [-0.15, -0.1) is 0 Å². The van der Waals surface area contributed by atoms with Gasteiger partial charge in [-0.3, -0.25) is 0 Å². The molecule has 1 aromatic carbocycles. The van der Waals surface area contributed by atoms with Crippen molar-refractivity contribution in [3.05, 3.63) is 29.3 Å². The number of hydrogen-bond donors (Lipinski definition) is 1. The van der Waals surface area contributed by atoms with Crippen molar-refractivity contribution in [2.45, 2.75) is 38.8 Å². The molecule has 0 spiro atoms. The summed E-state index contributed by atoms with van der Waals surface area (Å²) in [5.74, 6) is 1.39. The van der Waals surface area contributed by atoms with Gasteiger partial charge in [0.05, 0.1) is 12.9 Å². The number of hydrogen-bond acceptors (Lipinski definition) is 4. The highest BCUT2D eigenvalue weighted by molar-refractivity contribution is 7.88. The smallest absolute Gasteiger partial charge is 0.211 e. The van der Waals surface area contributed by atoms with Crippen LogP contribution in [0.25, 0.3) is 0 Å². The molecule has 2 aliphatic heterocycles. The third-order valence-electron chi connectivity index (χ3n) is 5.01. The minimum atomic E-state index is -3.07. The summed E-state index contributed by atoms with van der Waals surface area (Å²) in [5.41, 5.74) is 2.57. The zero-order chi connectivity index (χ0) is 16.4. The van der Waals surface area contributed by atoms with Gasteiger partial charge in [0.25, 0.3) is 0 Å². The lowest BCUT2D eigenvalue weighted by atomic mass is 9.91. The fourth-order valence-electron chi connectivity index (χ4n) is 3.58. The van der Waals surface area contributed by atoms with Gasteiger partial charge in [-0.25, -0.2) is 12.7 Å². The van der Waals surface area contributed by atoms with Crippen LogP contribution in [0.5, 0.6) is 5.75 Å². The number of nitrogens with zero attached hydrogens (tertiary/aromatic N) is 1. The van der Waals surface area contributed by atoms with E-state index in [9.17, 15) is 8.42 Å². The molecule has 2 heterocycles. The zero-order valence-corrected chi connectivity index (χ0v) is 14.7. The lowest BCUT2D eigenvalue weighted by Gasteiger charge is -2.37. The van der Waals surface area contributed by atoms with E-state index in [2.05, 4.69) is 30.4 Å². The molecule has 23 heavy (non-hydrogen) atoms. The molecule has 6 heteroatoms. The average Bonchev–Trinajstić information content (AvgIpc) is 2.99. The minimum Gasteiger partial charge on any atom is -0.493 e. The van der Waals surface area contributed by atoms with Crippen LogP contribution in [0.4, 0.5) is 0 Å². The van der Waals surface area contributed by atoms with Crippen LogP contribution in [0.2, 0.25) is 0 Å². The van der Waals surface area contributed by atoms with Gasteiger partial charge < -0.3 is 10.1 Å². The fourth-order valence-corrected chi connectivity index (χ4v) is 4.48. The molecule has 0 saturated carbocycles. The van der Waals surface area contributed by atoms with Gasteiger partial charge in [-0.1, -0.05) is 25.5 Å². The van der Waals surface area contributed by atoms with Crippen LogP contribution in [0.3, 0.4) is 0 Å². The van der Waals surface area contributed by atoms with Crippen molar-refractivity contribution in [2.24, 2.45) is 5.92 Å². The molecule has 2 unspecified atom stereocenters. The molecule has 128 valence electrons. The number of fused-ring (bicyclic) bond motifs is 1. The third kappa shape index (κ3) is 3.87. The molecule has 3 rings (SSSR count). The summed E-state index contributed by atoms with van der Waals surface area (Å²) in [6, 6.07) is 6.77. The first kappa shape index (κ1) is 16.7. The monoisotopic (exact) mass is 338 g/mol. The Morgan fingerprint density at radius 3 is 2.96 bits per heavy atom. The highest BCUT2D eigenvalue weighted by Crippen LogP contribution is 2.26. The van der Waals surface area contributed by atoms with Crippen LogP contribution >= 0.6 is 0 Å². The zero-order valence-electron chi connectivity index (χ0n) is 13.9. The quantitative estimate of drug-likeness (QED) is 0.889. The largest absolute Gasteiger partial charge is 0.493 e. The highest BCUT2D eigenvalue weighted by atomic mass is 32.2. The maximum Gasteiger partial charge on any atom is 0.211 e. The summed E-state index contributed by atoms with van der Waals surface area (Å²) in [5, 5.41) is 3.64. The molecule has 2 aliphatic rings. The molecule has 0 amide bonds. The van der Waals surface area contributed by atoms with Crippen LogP contribution in [0.15, 0.2) is 18.2 Å². The maximum absolute atomic E-state index is 11.7. The first-order valence-corrected chi connectivity index (χ1v) is 10.3. The van der Waals surface area contributed by atoms with E-state index in [0.717, 1.165) is 38.2 Å². The van der Waals surface area contributed by atoms with E-state index in [0.29, 0.717) is 25.0 Å². The Bertz CT molecular complexity index is 660. The first-order valence-electron chi connectivity index (χ1n) is 8.40. The van der Waals surface area contributed by atoms with Crippen molar-refractivity contribution < 1.29 is 13.2 Å². The summed E-state index contributed by atoms with van der Waals surface area (Å²) in [7, 11) is -3.07. The lowest BCUT2D eigenvalue weighted by molar-refractivity contribution is 0.202. The van der Waals surface area contributed by atoms with E-state index >= 15 is 0 Å². The molecule has 1 N–H and O–H groups in total. The number of piperidine rings is 1. The van der Waals surface area contributed by atoms with Crippen LogP contribution in [-0.2, 0) is 23.0 Å². The van der Waals surface area contributed by atoms with Gasteiger partial charge in [-0.05, 0) is 29.5 Å². The summed E-state index contributed by atoms with van der Waals surface area (Å²) in [6.07, 6.45) is 4.16. The predicted molar refractivity (Wildman–Crippen MR) is 91.1 cm³/mol. The van der Waals surface area contributed by atoms with Crippen LogP contribution in [0.1, 0.15) is 30.9 Å². The molecule has 0 aliphatic carbocycles. The van der Waals surface area contributed by atoms with Gasteiger partial charge in [0.1, 0.15) is 5.75 Å². The van der Waals surface area contributed by atoms with Crippen molar-refractivity contribution in [2.75, 3.05) is 26.0 Å². The topological polar surface area (TPSA) is 58.6 Å². The minimum absolute atomic E-state index is 0.372. The van der Waals surface area contributed by atoms with Gasteiger partial charge >= 0.3 is 0 Å². The molecule has 0 bridgehead atoms. The summed E-state index contributed by atoms with van der Waals surface area (Å²) < 4.78 is 30.6. The second-order valence-electron chi connectivity index (χ2n) is 6.61. The molecule has 0 radical (unpaired) electrons. The lowest BCUT2D eigenvalue weighted by Crippen LogP contribution is -2.50. The summed E-state index contributed by atoms with van der Waals surface area (Å²) >= 11 is 0. The average molecular weight is 338 g/mol. The Morgan fingerprint density at radius 1 is 1.39 bits per heavy atom. The summed E-state index contributed by atoms with van der Waals surface area (Å²) in [6.45, 7) is 5.00. The van der Waals surface area contributed by atoms with Crippen molar-refractivity contribution in [3.63, 3.8) is 0 Å². The Hall–Kier alpha value is -1.11. The van der Waals surface area contributed by atoms with E-state index in [1.165, 1.54) is 17.4 Å². The highest BCUT2D eigenvalue weighted by Gasteiger charge is 2.31. The molecule has 1 saturated heterocycles. The molecule has 0 aromatic heterocycles. The van der Waals surface area contributed by atoms with Crippen molar-refractivity contribution in [1.82, 2.24) is 9.62 Å². The van der Waals surface area contributed by atoms with Crippen LogP contribution < -0.4 is 10.1 Å². The fraction of sp³-hybridized carbons (Fsp3) is 0.647. The Kier molecular flexibility index (Phi) is 4.94. The molecule has 1 aromatic rings. The van der Waals surface area contributed by atoms with E-state index in [1.807, 2.05) is 0 Å². The number of rotatable bonds is 5. The standard InChI is InChI=1S/C17H26N2O3S/c1-3-14-12-19(23(2,20)21)8-6-16(14)18-11-13-4-5-17-15(10-13)7-9-22-17/h4-5,10,14,16,18H,3,6-9,11-12H2,1-2H3. The predicted octanol–water partition coefficient (Wildman–Crippen LogP) is 1.77. The third-order valence-corrected chi connectivity index (χ3v) is 6.28. The molecule has 1 fully saturated rings. The molecule has 5 nitrogen and oxygen atoms in total. The van der Waals surface area contributed by atoms with E-state index in [1.54, 1.807) is 4.31 Å². The number of benzene rings is 1. The van der Waals surface area contributed by atoms with E-state index < -0.39 is 10.0 Å². The number of ether oxygens (including phenoxy) is 1. The van der Waals surface area contributed by atoms with Crippen molar-refractivity contribution in [3.8, 4) is 5.75 Å². The van der Waals surface area contributed by atoms with Gasteiger partial charge in [0.2, 0.25) is 10.0 Å². The molecular formula is C17H26N2O3S. The Labute approximate surface area is 139 Å². The Balaban J connectivity index is 1.59. The SMILES string of the molecule is CCC1CN(S(C)(=O)=O)CCC1NCc1ccc2c(c1)CCO2.